The van der Waals surface area contributed by atoms with Crippen molar-refractivity contribution in [3.8, 4) is 0 Å². The maximum absolute atomic E-state index is 13.3. The molecule has 0 amide bonds. The van der Waals surface area contributed by atoms with Crippen molar-refractivity contribution in [2.24, 2.45) is 17.2 Å². The fraction of sp³-hybridized carbons (Fsp3) is 0.625. The Bertz CT molecular complexity index is 452. The zero-order valence-electron chi connectivity index (χ0n) is 12.3. The van der Waals surface area contributed by atoms with Crippen molar-refractivity contribution < 1.29 is 4.39 Å². The second kappa shape index (κ2) is 6.54. The summed E-state index contributed by atoms with van der Waals surface area (Å²) < 4.78 is 13.8. The molecule has 0 aliphatic heterocycles. The minimum absolute atomic E-state index is 0.217. The van der Waals surface area contributed by atoms with Crippen molar-refractivity contribution in [2.75, 3.05) is 0 Å². The number of nitrogens with one attached hydrogen (secondary N) is 1. The van der Waals surface area contributed by atoms with E-state index in [2.05, 4.69) is 35.2 Å². The summed E-state index contributed by atoms with van der Waals surface area (Å²) in [4.78, 5) is 0. The maximum Gasteiger partial charge on any atom is 0.137 e. The molecule has 1 atom stereocenters. The first-order valence-corrected chi connectivity index (χ1v) is 8.11. The number of rotatable bonds is 4. The van der Waals surface area contributed by atoms with E-state index in [1.807, 2.05) is 12.1 Å². The first kappa shape index (κ1) is 15.9. The molecule has 0 bridgehead atoms. The summed E-state index contributed by atoms with van der Waals surface area (Å²) in [6.07, 6.45) is 5.78. The number of nitrogens with two attached hydrogens (primary N) is 1. The van der Waals surface area contributed by atoms with E-state index in [0.717, 1.165) is 12.0 Å². The predicted octanol–water partition coefficient (Wildman–Crippen LogP) is 4.18. The summed E-state index contributed by atoms with van der Waals surface area (Å²) >= 11 is 3.24. The van der Waals surface area contributed by atoms with Gasteiger partial charge >= 0.3 is 0 Å². The number of hydrazine groups is 1. The van der Waals surface area contributed by atoms with Gasteiger partial charge in [0, 0.05) is 6.04 Å². The molecular formula is C16H24BrFN2. The van der Waals surface area contributed by atoms with E-state index < -0.39 is 0 Å². The molecule has 0 saturated heterocycles. The number of halogens is 2. The summed E-state index contributed by atoms with van der Waals surface area (Å²) in [5.41, 5.74) is 4.56. The molecule has 0 heterocycles. The number of benzene rings is 1. The molecule has 1 aromatic carbocycles. The monoisotopic (exact) mass is 342 g/mol. The fourth-order valence-corrected chi connectivity index (χ4v) is 3.53. The van der Waals surface area contributed by atoms with Gasteiger partial charge in [0.2, 0.25) is 0 Å². The highest BCUT2D eigenvalue weighted by Gasteiger charge is 2.31. The van der Waals surface area contributed by atoms with Crippen LogP contribution in [-0.2, 0) is 6.42 Å². The molecule has 1 aliphatic carbocycles. The maximum atomic E-state index is 13.3. The SMILES string of the molecule is CC1(C)CCC(C(Cc2ccc(F)c(Br)c2)NN)CC1. The molecule has 3 N–H and O–H groups in total. The summed E-state index contributed by atoms with van der Waals surface area (Å²) in [7, 11) is 0. The van der Waals surface area contributed by atoms with Gasteiger partial charge < -0.3 is 0 Å². The molecule has 2 rings (SSSR count). The van der Waals surface area contributed by atoms with Crippen LogP contribution >= 0.6 is 15.9 Å². The normalized spacial score (nSPS) is 20.9. The van der Waals surface area contributed by atoms with Crippen LogP contribution in [0.25, 0.3) is 0 Å². The van der Waals surface area contributed by atoms with Crippen molar-refractivity contribution in [3.05, 3.63) is 34.1 Å². The molecule has 1 aromatic rings. The Balaban J connectivity index is 2.00. The molecular weight excluding hydrogens is 319 g/mol. The van der Waals surface area contributed by atoms with Gasteiger partial charge in [-0.3, -0.25) is 11.3 Å². The Hall–Kier alpha value is -0.450. The molecule has 1 fully saturated rings. The lowest BCUT2D eigenvalue weighted by molar-refractivity contribution is 0.161. The van der Waals surface area contributed by atoms with Gasteiger partial charge in [-0.1, -0.05) is 19.9 Å². The van der Waals surface area contributed by atoms with Crippen LogP contribution in [0.5, 0.6) is 0 Å². The van der Waals surface area contributed by atoms with E-state index >= 15 is 0 Å². The van der Waals surface area contributed by atoms with Gasteiger partial charge in [0.25, 0.3) is 0 Å². The van der Waals surface area contributed by atoms with Crippen molar-refractivity contribution in [3.63, 3.8) is 0 Å². The predicted molar refractivity (Wildman–Crippen MR) is 84.7 cm³/mol. The van der Waals surface area contributed by atoms with Crippen molar-refractivity contribution in [2.45, 2.75) is 52.0 Å². The first-order valence-electron chi connectivity index (χ1n) is 7.31. The van der Waals surface area contributed by atoms with Gasteiger partial charge in [-0.2, -0.15) is 0 Å². The second-order valence-electron chi connectivity index (χ2n) is 6.73. The molecule has 0 radical (unpaired) electrons. The number of hydrogen-bond donors (Lipinski definition) is 2. The molecule has 112 valence electrons. The van der Waals surface area contributed by atoms with Gasteiger partial charge in [-0.15, -0.1) is 0 Å². The Morgan fingerprint density at radius 3 is 2.60 bits per heavy atom. The average molecular weight is 343 g/mol. The quantitative estimate of drug-likeness (QED) is 0.636. The Kier molecular flexibility index (Phi) is 5.21. The van der Waals surface area contributed by atoms with E-state index in [4.69, 9.17) is 5.84 Å². The van der Waals surface area contributed by atoms with Crippen molar-refractivity contribution >= 4 is 15.9 Å². The van der Waals surface area contributed by atoms with Crippen LogP contribution in [0, 0.1) is 17.2 Å². The molecule has 0 aromatic heterocycles. The zero-order chi connectivity index (χ0) is 14.8. The smallest absolute Gasteiger partial charge is 0.137 e. The second-order valence-corrected chi connectivity index (χ2v) is 7.58. The minimum atomic E-state index is -0.217. The van der Waals surface area contributed by atoms with Gasteiger partial charge in [-0.25, -0.2) is 4.39 Å². The zero-order valence-corrected chi connectivity index (χ0v) is 13.8. The molecule has 1 unspecified atom stereocenters. The minimum Gasteiger partial charge on any atom is -0.271 e. The molecule has 4 heteroatoms. The van der Waals surface area contributed by atoms with Crippen LogP contribution < -0.4 is 11.3 Å². The molecule has 2 nitrogen and oxygen atoms in total. The van der Waals surface area contributed by atoms with Gasteiger partial charge in [0.05, 0.1) is 4.47 Å². The van der Waals surface area contributed by atoms with Crippen molar-refractivity contribution in [1.29, 1.82) is 0 Å². The largest absolute Gasteiger partial charge is 0.271 e. The summed E-state index contributed by atoms with van der Waals surface area (Å²) in [6.45, 7) is 4.68. The van der Waals surface area contributed by atoms with Crippen LogP contribution in [0.1, 0.15) is 45.1 Å². The average Bonchev–Trinajstić information content (AvgIpc) is 2.40. The lowest BCUT2D eigenvalue weighted by Crippen LogP contribution is -2.44. The third-order valence-corrected chi connectivity index (χ3v) is 5.21. The highest BCUT2D eigenvalue weighted by Crippen LogP contribution is 2.39. The van der Waals surface area contributed by atoms with Gasteiger partial charge in [0.1, 0.15) is 5.82 Å². The van der Waals surface area contributed by atoms with E-state index in [-0.39, 0.29) is 11.9 Å². The van der Waals surface area contributed by atoms with Crippen LogP contribution in [0.15, 0.2) is 22.7 Å². The Labute approximate surface area is 129 Å². The highest BCUT2D eigenvalue weighted by molar-refractivity contribution is 9.10. The summed E-state index contributed by atoms with van der Waals surface area (Å²) in [5, 5.41) is 0. The topological polar surface area (TPSA) is 38.0 Å². The first-order chi connectivity index (χ1) is 9.41. The molecule has 1 aliphatic rings. The lowest BCUT2D eigenvalue weighted by atomic mass is 9.70. The number of hydrogen-bond acceptors (Lipinski definition) is 2. The Morgan fingerprint density at radius 2 is 2.05 bits per heavy atom. The third-order valence-electron chi connectivity index (χ3n) is 4.61. The van der Waals surface area contributed by atoms with Crippen LogP contribution in [0.2, 0.25) is 0 Å². The summed E-state index contributed by atoms with van der Waals surface area (Å²) in [5.74, 6) is 6.14. The van der Waals surface area contributed by atoms with Crippen LogP contribution in [0.3, 0.4) is 0 Å². The van der Waals surface area contributed by atoms with Gasteiger partial charge in [0.15, 0.2) is 0 Å². The van der Waals surface area contributed by atoms with Crippen molar-refractivity contribution in [1.82, 2.24) is 5.43 Å². The summed E-state index contributed by atoms with van der Waals surface area (Å²) in [6, 6.07) is 5.48. The Morgan fingerprint density at radius 1 is 1.40 bits per heavy atom. The van der Waals surface area contributed by atoms with E-state index in [0.29, 0.717) is 15.8 Å². The van der Waals surface area contributed by atoms with E-state index in [1.54, 1.807) is 0 Å². The third kappa shape index (κ3) is 4.03. The standard InChI is InChI=1S/C16H24BrFN2/c1-16(2)7-5-12(6-8-16)15(20-19)10-11-3-4-14(18)13(17)9-11/h3-4,9,12,15,20H,5-8,10,19H2,1-2H3. The van der Waals surface area contributed by atoms with Crippen LogP contribution in [0.4, 0.5) is 4.39 Å². The highest BCUT2D eigenvalue weighted by atomic mass is 79.9. The van der Waals surface area contributed by atoms with E-state index in [1.165, 1.54) is 31.7 Å². The van der Waals surface area contributed by atoms with E-state index in [9.17, 15) is 4.39 Å². The van der Waals surface area contributed by atoms with Crippen LogP contribution in [-0.4, -0.2) is 6.04 Å². The lowest BCUT2D eigenvalue weighted by Gasteiger charge is -2.37. The molecule has 20 heavy (non-hydrogen) atoms. The molecule has 1 saturated carbocycles. The van der Waals surface area contributed by atoms with Gasteiger partial charge in [-0.05, 0) is 77.1 Å². The fourth-order valence-electron chi connectivity index (χ4n) is 3.11. The molecule has 0 spiro atoms.